The number of likely N-dealkylation sites (tertiary alicyclic amines) is 1. The van der Waals surface area contributed by atoms with Crippen LogP contribution in [-0.4, -0.2) is 38.1 Å². The minimum Gasteiger partial charge on any atom is -0.388 e. The number of nitrogens with zero attached hydrogens (tertiary/aromatic N) is 1. The van der Waals surface area contributed by atoms with Crippen LogP contribution in [0.1, 0.15) is 18.4 Å². The lowest BCUT2D eigenvalue weighted by atomic mass is 10.1. The van der Waals surface area contributed by atoms with Crippen LogP contribution in [-0.2, 0) is 6.54 Å². The van der Waals surface area contributed by atoms with Crippen LogP contribution >= 0.6 is 0 Å². The number of hydrogen-bond acceptors (Lipinski definition) is 3. The maximum Gasteiger partial charge on any atom is 0.0340 e. The summed E-state index contributed by atoms with van der Waals surface area (Å²) in [5, 5.41) is 6.83. The number of likely N-dealkylation sites (N-methyl/N-ethyl adjacent to an activating group) is 1. The number of nitrogens with one attached hydrogen (secondary N) is 2. The lowest BCUT2D eigenvalue weighted by molar-refractivity contribution is 0.226. The molecule has 3 heteroatoms. The van der Waals surface area contributed by atoms with Crippen LogP contribution in [0.25, 0.3) is 0 Å². The maximum atomic E-state index is 3.65. The van der Waals surface area contributed by atoms with E-state index in [1.165, 1.54) is 37.2 Å². The molecule has 1 aromatic rings. The molecule has 0 amide bonds. The van der Waals surface area contributed by atoms with Crippen LogP contribution in [0.3, 0.4) is 0 Å². The van der Waals surface area contributed by atoms with E-state index in [0.717, 1.165) is 6.54 Å². The van der Waals surface area contributed by atoms with Crippen molar-refractivity contribution >= 4 is 5.69 Å². The van der Waals surface area contributed by atoms with Gasteiger partial charge in [0.05, 0.1) is 0 Å². The van der Waals surface area contributed by atoms with Gasteiger partial charge in [-0.3, -0.25) is 0 Å². The van der Waals surface area contributed by atoms with E-state index in [1.807, 2.05) is 7.05 Å². The average Bonchev–Trinajstić information content (AvgIpc) is 2.37. The van der Waals surface area contributed by atoms with Gasteiger partial charge in [-0.15, -0.1) is 0 Å². The summed E-state index contributed by atoms with van der Waals surface area (Å²) in [6.07, 6.45) is 2.61. The van der Waals surface area contributed by atoms with Crippen LogP contribution in [0, 0.1) is 0 Å². The van der Waals surface area contributed by atoms with Gasteiger partial charge in [0.25, 0.3) is 0 Å². The highest BCUT2D eigenvalue weighted by Gasteiger charge is 2.15. The molecule has 0 bridgehead atoms. The van der Waals surface area contributed by atoms with Crippen molar-refractivity contribution in [2.24, 2.45) is 0 Å². The summed E-state index contributed by atoms with van der Waals surface area (Å²) in [4.78, 5) is 2.41. The Balaban J connectivity index is 1.84. The topological polar surface area (TPSA) is 27.3 Å². The lowest BCUT2D eigenvalue weighted by Gasteiger charge is -2.30. The molecule has 1 aliphatic rings. The summed E-state index contributed by atoms with van der Waals surface area (Å²) in [5.74, 6) is 0. The van der Waals surface area contributed by atoms with Gasteiger partial charge in [0.2, 0.25) is 0 Å². The van der Waals surface area contributed by atoms with Gasteiger partial charge in [0.15, 0.2) is 0 Å². The van der Waals surface area contributed by atoms with Gasteiger partial charge < -0.3 is 15.5 Å². The molecular weight excluding hydrogens is 210 g/mol. The second-order valence-electron chi connectivity index (χ2n) is 4.93. The standard InChI is InChI=1S/C14H23N3/c1-15-13-6-3-5-12(9-13)10-16-14-7-4-8-17(2)11-14/h3,5-6,9,14-16H,4,7-8,10-11H2,1-2H3. The van der Waals surface area contributed by atoms with Crippen LogP contribution < -0.4 is 10.6 Å². The van der Waals surface area contributed by atoms with Gasteiger partial charge in [0.1, 0.15) is 0 Å². The van der Waals surface area contributed by atoms with E-state index in [1.54, 1.807) is 0 Å². The third-order valence-electron chi connectivity index (χ3n) is 3.43. The van der Waals surface area contributed by atoms with Gasteiger partial charge >= 0.3 is 0 Å². The van der Waals surface area contributed by atoms with Crippen LogP contribution in [0.5, 0.6) is 0 Å². The second kappa shape index (κ2) is 6.03. The number of rotatable bonds is 4. The lowest BCUT2D eigenvalue weighted by Crippen LogP contribution is -2.43. The number of anilines is 1. The van der Waals surface area contributed by atoms with Crippen molar-refractivity contribution < 1.29 is 0 Å². The van der Waals surface area contributed by atoms with E-state index >= 15 is 0 Å². The molecule has 1 heterocycles. The first kappa shape index (κ1) is 12.4. The summed E-state index contributed by atoms with van der Waals surface area (Å²) in [6.45, 7) is 3.38. The first-order valence-corrected chi connectivity index (χ1v) is 6.46. The highest BCUT2D eigenvalue weighted by atomic mass is 15.1. The zero-order valence-corrected chi connectivity index (χ0v) is 10.9. The van der Waals surface area contributed by atoms with E-state index < -0.39 is 0 Å². The van der Waals surface area contributed by atoms with Crippen molar-refractivity contribution in [1.82, 2.24) is 10.2 Å². The zero-order valence-electron chi connectivity index (χ0n) is 10.9. The summed E-state index contributed by atoms with van der Waals surface area (Å²) < 4.78 is 0. The molecule has 17 heavy (non-hydrogen) atoms. The third kappa shape index (κ3) is 3.72. The van der Waals surface area contributed by atoms with Gasteiger partial charge in [-0.25, -0.2) is 0 Å². The molecule has 1 fully saturated rings. The fourth-order valence-corrected chi connectivity index (χ4v) is 2.43. The van der Waals surface area contributed by atoms with Gasteiger partial charge in [-0.05, 0) is 44.1 Å². The first-order chi connectivity index (χ1) is 8.28. The molecule has 1 atom stereocenters. The Morgan fingerprint density at radius 1 is 1.41 bits per heavy atom. The van der Waals surface area contributed by atoms with Crippen molar-refractivity contribution in [2.45, 2.75) is 25.4 Å². The molecule has 94 valence electrons. The van der Waals surface area contributed by atoms with E-state index in [2.05, 4.69) is 46.8 Å². The van der Waals surface area contributed by atoms with Crippen molar-refractivity contribution in [2.75, 3.05) is 32.5 Å². The van der Waals surface area contributed by atoms with Gasteiger partial charge in [-0.2, -0.15) is 0 Å². The number of benzene rings is 1. The molecule has 1 aliphatic heterocycles. The Morgan fingerprint density at radius 3 is 3.06 bits per heavy atom. The van der Waals surface area contributed by atoms with Crippen LogP contribution in [0.2, 0.25) is 0 Å². The number of piperidine rings is 1. The Kier molecular flexibility index (Phi) is 4.40. The van der Waals surface area contributed by atoms with Crippen molar-refractivity contribution in [3.8, 4) is 0 Å². The summed E-state index contributed by atoms with van der Waals surface area (Å²) in [7, 11) is 4.16. The molecule has 3 nitrogen and oxygen atoms in total. The molecule has 0 saturated carbocycles. The number of hydrogen-bond donors (Lipinski definition) is 2. The maximum absolute atomic E-state index is 3.65. The normalized spacial score (nSPS) is 21.4. The molecule has 0 aliphatic carbocycles. The molecular formula is C14H23N3. The second-order valence-corrected chi connectivity index (χ2v) is 4.93. The molecule has 2 N–H and O–H groups in total. The predicted molar refractivity (Wildman–Crippen MR) is 73.3 cm³/mol. The molecule has 0 aromatic heterocycles. The Labute approximate surface area is 104 Å². The zero-order chi connectivity index (χ0) is 12.1. The van der Waals surface area contributed by atoms with E-state index in [0.29, 0.717) is 6.04 Å². The summed E-state index contributed by atoms with van der Waals surface area (Å²) >= 11 is 0. The Bertz CT molecular complexity index is 351. The first-order valence-electron chi connectivity index (χ1n) is 6.46. The average molecular weight is 233 g/mol. The minimum atomic E-state index is 0.645. The van der Waals surface area contributed by atoms with E-state index in [-0.39, 0.29) is 0 Å². The Hall–Kier alpha value is -1.06. The van der Waals surface area contributed by atoms with E-state index in [4.69, 9.17) is 0 Å². The van der Waals surface area contributed by atoms with E-state index in [9.17, 15) is 0 Å². The highest BCUT2D eigenvalue weighted by Crippen LogP contribution is 2.12. The molecule has 2 rings (SSSR count). The quantitative estimate of drug-likeness (QED) is 0.832. The summed E-state index contributed by atoms with van der Waals surface area (Å²) in [5.41, 5.74) is 2.54. The molecule has 1 saturated heterocycles. The largest absolute Gasteiger partial charge is 0.388 e. The predicted octanol–water partition coefficient (Wildman–Crippen LogP) is 1.91. The monoisotopic (exact) mass is 233 g/mol. The molecule has 1 unspecified atom stereocenters. The van der Waals surface area contributed by atoms with Crippen molar-refractivity contribution in [1.29, 1.82) is 0 Å². The molecule has 0 spiro atoms. The Morgan fingerprint density at radius 2 is 2.29 bits per heavy atom. The third-order valence-corrected chi connectivity index (χ3v) is 3.43. The van der Waals surface area contributed by atoms with Crippen molar-refractivity contribution in [3.63, 3.8) is 0 Å². The summed E-state index contributed by atoms with van der Waals surface area (Å²) in [6, 6.07) is 9.24. The van der Waals surface area contributed by atoms with Crippen molar-refractivity contribution in [3.05, 3.63) is 29.8 Å². The SMILES string of the molecule is CNc1cccc(CNC2CCCN(C)C2)c1. The highest BCUT2D eigenvalue weighted by molar-refractivity contribution is 5.44. The fraction of sp³-hybridized carbons (Fsp3) is 0.571. The van der Waals surface area contributed by atoms with Gasteiger partial charge in [-0.1, -0.05) is 12.1 Å². The van der Waals surface area contributed by atoms with Crippen LogP contribution in [0.15, 0.2) is 24.3 Å². The van der Waals surface area contributed by atoms with Crippen LogP contribution in [0.4, 0.5) is 5.69 Å². The smallest absolute Gasteiger partial charge is 0.0340 e. The molecule has 0 radical (unpaired) electrons. The minimum absolute atomic E-state index is 0.645. The van der Waals surface area contributed by atoms with Gasteiger partial charge in [0, 0.05) is 31.9 Å². The fourth-order valence-electron chi connectivity index (χ4n) is 2.43. The molecule has 1 aromatic carbocycles.